The molecular formula is C24H27N3O6S2. The molecule has 0 bridgehead atoms. The fraction of sp³-hybridized carbons (Fsp3) is 0.375. The number of nitrogens with zero attached hydrogens (tertiary/aromatic N) is 3. The molecule has 1 saturated heterocycles. The van der Waals surface area contributed by atoms with Crippen LogP contribution in [-0.4, -0.2) is 56.5 Å². The third kappa shape index (κ3) is 5.31. The molecule has 1 aliphatic rings. The Kier molecular flexibility index (Phi) is 7.39. The van der Waals surface area contributed by atoms with Crippen LogP contribution in [0.5, 0.6) is 5.75 Å². The fourth-order valence-corrected chi connectivity index (χ4v) is 6.70. The largest absolute Gasteiger partial charge is 0.497 e. The Morgan fingerprint density at radius 1 is 1.14 bits per heavy atom. The normalized spacial score (nSPS) is 17.5. The lowest BCUT2D eigenvalue weighted by Crippen LogP contribution is -2.39. The predicted molar refractivity (Wildman–Crippen MR) is 132 cm³/mol. The van der Waals surface area contributed by atoms with E-state index in [0.717, 1.165) is 17.5 Å². The van der Waals surface area contributed by atoms with Crippen LogP contribution in [0.25, 0.3) is 10.2 Å². The number of hydrogen-bond donors (Lipinski definition) is 0. The van der Waals surface area contributed by atoms with Gasteiger partial charge in [0.15, 0.2) is 4.80 Å². The molecule has 9 nitrogen and oxygen atoms in total. The molecular weight excluding hydrogens is 490 g/mol. The van der Waals surface area contributed by atoms with Crippen molar-refractivity contribution in [2.24, 2.45) is 10.9 Å². The van der Waals surface area contributed by atoms with Crippen LogP contribution in [0.4, 0.5) is 0 Å². The fourth-order valence-electron chi connectivity index (χ4n) is 4.05. The van der Waals surface area contributed by atoms with Gasteiger partial charge in [-0.25, -0.2) is 8.42 Å². The summed E-state index contributed by atoms with van der Waals surface area (Å²) in [6, 6.07) is 11.2. The molecule has 2 aromatic carbocycles. The SMILES string of the molecule is COC(=O)Cn1c(=NC(=O)c2ccc(S(=O)(=O)N3CCCC(C)C3)cc2)sc2cc(OC)ccc21. The molecule has 1 amide bonds. The number of esters is 1. The summed E-state index contributed by atoms with van der Waals surface area (Å²) in [5.41, 5.74) is 0.959. The minimum Gasteiger partial charge on any atom is -0.497 e. The van der Waals surface area contributed by atoms with E-state index >= 15 is 0 Å². The van der Waals surface area contributed by atoms with Crippen molar-refractivity contribution in [2.75, 3.05) is 27.3 Å². The van der Waals surface area contributed by atoms with Gasteiger partial charge in [-0.1, -0.05) is 18.3 Å². The molecule has 1 atom stereocenters. The van der Waals surface area contributed by atoms with Crippen LogP contribution in [0.15, 0.2) is 52.4 Å². The number of piperidine rings is 1. The molecule has 4 rings (SSSR count). The van der Waals surface area contributed by atoms with Crippen molar-refractivity contribution in [1.82, 2.24) is 8.87 Å². The number of ether oxygens (including phenoxy) is 2. The molecule has 3 aromatic rings. The molecule has 11 heteroatoms. The van der Waals surface area contributed by atoms with Gasteiger partial charge in [-0.3, -0.25) is 9.59 Å². The molecule has 1 aliphatic heterocycles. The van der Waals surface area contributed by atoms with E-state index in [1.165, 1.54) is 47.0 Å². The van der Waals surface area contributed by atoms with Crippen molar-refractivity contribution in [1.29, 1.82) is 0 Å². The number of hydrogen-bond acceptors (Lipinski definition) is 7. The van der Waals surface area contributed by atoms with Gasteiger partial charge in [0.05, 0.1) is 29.3 Å². The number of thiazole rings is 1. The van der Waals surface area contributed by atoms with Gasteiger partial charge in [0.2, 0.25) is 10.0 Å². The first-order valence-corrected chi connectivity index (χ1v) is 13.4. The lowest BCUT2D eigenvalue weighted by atomic mass is 10.0. The van der Waals surface area contributed by atoms with Crippen molar-refractivity contribution in [3.63, 3.8) is 0 Å². The summed E-state index contributed by atoms with van der Waals surface area (Å²) in [6.45, 7) is 2.93. The van der Waals surface area contributed by atoms with Crippen molar-refractivity contribution in [2.45, 2.75) is 31.2 Å². The molecule has 35 heavy (non-hydrogen) atoms. The molecule has 1 fully saturated rings. The average molecular weight is 518 g/mol. The number of aromatic nitrogens is 1. The van der Waals surface area contributed by atoms with Crippen LogP contribution in [-0.2, 0) is 26.1 Å². The van der Waals surface area contributed by atoms with Gasteiger partial charge in [0.1, 0.15) is 12.3 Å². The third-order valence-corrected chi connectivity index (χ3v) is 8.88. The molecule has 0 radical (unpaired) electrons. The van der Waals surface area contributed by atoms with E-state index in [0.29, 0.717) is 35.1 Å². The first kappa shape index (κ1) is 25.1. The standard InChI is InChI=1S/C24H27N3O6S2/c1-16-5-4-12-26(14-16)35(30,31)19-9-6-17(7-10-19)23(29)25-24-27(15-22(28)33-3)20-11-8-18(32-2)13-21(20)34-24/h6-11,13,16H,4-5,12,14-15H2,1-3H3. The van der Waals surface area contributed by atoms with Crippen molar-refractivity contribution in [3.05, 3.63) is 52.8 Å². The Labute approximate surface area is 207 Å². The summed E-state index contributed by atoms with van der Waals surface area (Å²) in [6.07, 6.45) is 1.85. The van der Waals surface area contributed by atoms with Crippen LogP contribution in [0.2, 0.25) is 0 Å². The van der Waals surface area contributed by atoms with Crippen LogP contribution in [0.3, 0.4) is 0 Å². The smallest absolute Gasteiger partial charge is 0.325 e. The van der Waals surface area contributed by atoms with Gasteiger partial charge in [-0.2, -0.15) is 9.30 Å². The molecule has 0 N–H and O–H groups in total. The van der Waals surface area contributed by atoms with Crippen molar-refractivity contribution < 1.29 is 27.5 Å². The van der Waals surface area contributed by atoms with Gasteiger partial charge in [-0.05, 0) is 61.2 Å². The zero-order valence-electron chi connectivity index (χ0n) is 19.8. The molecule has 0 saturated carbocycles. The topological polar surface area (TPSA) is 107 Å². The molecule has 1 aromatic heterocycles. The first-order valence-electron chi connectivity index (χ1n) is 11.2. The summed E-state index contributed by atoms with van der Waals surface area (Å²) in [4.78, 5) is 29.6. The Morgan fingerprint density at radius 3 is 2.54 bits per heavy atom. The average Bonchev–Trinajstić information content (AvgIpc) is 3.19. The van der Waals surface area contributed by atoms with Gasteiger partial charge >= 0.3 is 5.97 Å². The second-order valence-electron chi connectivity index (χ2n) is 8.43. The number of rotatable bonds is 6. The Bertz CT molecular complexity index is 1420. The van der Waals surface area contributed by atoms with Gasteiger partial charge in [0, 0.05) is 18.7 Å². The highest BCUT2D eigenvalue weighted by Crippen LogP contribution is 2.25. The number of sulfonamides is 1. The lowest BCUT2D eigenvalue weighted by molar-refractivity contribution is -0.141. The van der Waals surface area contributed by atoms with E-state index < -0.39 is 21.9 Å². The van der Waals surface area contributed by atoms with Crippen molar-refractivity contribution >= 4 is 43.5 Å². The number of carbonyl (C=O) groups excluding carboxylic acids is 2. The number of amides is 1. The Hall–Kier alpha value is -3.02. The highest BCUT2D eigenvalue weighted by molar-refractivity contribution is 7.89. The van der Waals surface area contributed by atoms with Crippen LogP contribution in [0.1, 0.15) is 30.1 Å². The summed E-state index contributed by atoms with van der Waals surface area (Å²) in [5, 5.41) is 0. The zero-order valence-corrected chi connectivity index (χ0v) is 21.4. The summed E-state index contributed by atoms with van der Waals surface area (Å²) < 4.78 is 40.0. The van der Waals surface area contributed by atoms with Crippen LogP contribution >= 0.6 is 11.3 Å². The highest BCUT2D eigenvalue weighted by Gasteiger charge is 2.28. The number of carbonyl (C=O) groups is 2. The molecule has 2 heterocycles. The minimum atomic E-state index is -3.62. The zero-order chi connectivity index (χ0) is 25.2. The molecule has 186 valence electrons. The highest BCUT2D eigenvalue weighted by atomic mass is 32.2. The Balaban J connectivity index is 1.66. The van der Waals surface area contributed by atoms with E-state index in [1.807, 2.05) is 6.92 Å². The van der Waals surface area contributed by atoms with E-state index in [9.17, 15) is 18.0 Å². The van der Waals surface area contributed by atoms with Gasteiger partial charge < -0.3 is 14.0 Å². The van der Waals surface area contributed by atoms with Crippen LogP contribution in [0, 0.1) is 5.92 Å². The maximum atomic E-state index is 13.0. The van der Waals surface area contributed by atoms with Gasteiger partial charge in [-0.15, -0.1) is 0 Å². The summed E-state index contributed by atoms with van der Waals surface area (Å²) in [7, 11) is -0.766. The van der Waals surface area contributed by atoms with E-state index in [4.69, 9.17) is 9.47 Å². The molecule has 0 spiro atoms. The van der Waals surface area contributed by atoms with E-state index in [1.54, 1.807) is 29.9 Å². The van der Waals surface area contributed by atoms with E-state index in [2.05, 4.69) is 4.99 Å². The maximum absolute atomic E-state index is 13.0. The summed E-state index contributed by atoms with van der Waals surface area (Å²) >= 11 is 1.24. The number of methoxy groups -OCH3 is 2. The molecule has 0 aliphatic carbocycles. The molecule has 1 unspecified atom stereocenters. The van der Waals surface area contributed by atoms with Crippen LogP contribution < -0.4 is 9.54 Å². The third-order valence-electron chi connectivity index (χ3n) is 5.96. The monoisotopic (exact) mass is 517 g/mol. The van der Waals surface area contributed by atoms with Crippen molar-refractivity contribution in [3.8, 4) is 5.75 Å². The van der Waals surface area contributed by atoms with E-state index in [-0.39, 0.29) is 17.0 Å². The number of fused-ring (bicyclic) bond motifs is 1. The second-order valence-corrected chi connectivity index (χ2v) is 11.4. The quantitative estimate of drug-likeness (QED) is 0.465. The Morgan fingerprint density at radius 2 is 1.89 bits per heavy atom. The second kappa shape index (κ2) is 10.3. The first-order chi connectivity index (χ1) is 16.7. The van der Waals surface area contributed by atoms with Gasteiger partial charge in [0.25, 0.3) is 5.91 Å². The summed E-state index contributed by atoms with van der Waals surface area (Å²) in [5.74, 6) is -0.0634. The minimum absolute atomic E-state index is 0.111. The predicted octanol–water partition coefficient (Wildman–Crippen LogP) is 3.05. The maximum Gasteiger partial charge on any atom is 0.325 e. The lowest BCUT2D eigenvalue weighted by Gasteiger charge is -2.30. The number of benzene rings is 2.